The van der Waals surface area contributed by atoms with Crippen molar-refractivity contribution in [1.29, 1.82) is 0 Å². The summed E-state index contributed by atoms with van der Waals surface area (Å²) in [6, 6.07) is 21.4. The third-order valence-corrected chi connectivity index (χ3v) is 5.20. The predicted octanol–water partition coefficient (Wildman–Crippen LogP) is 4.77. The molecule has 0 radical (unpaired) electrons. The van der Waals surface area contributed by atoms with Crippen LogP contribution in [0.2, 0.25) is 0 Å². The highest BCUT2D eigenvalue weighted by atomic mass is 32.2. The highest BCUT2D eigenvalue weighted by Crippen LogP contribution is 2.27. The highest BCUT2D eigenvalue weighted by molar-refractivity contribution is 7.99. The molecule has 6 nitrogen and oxygen atoms in total. The van der Waals surface area contributed by atoms with Gasteiger partial charge in [0.1, 0.15) is 17.3 Å². The van der Waals surface area contributed by atoms with Crippen molar-refractivity contribution in [2.45, 2.75) is 11.7 Å². The lowest BCUT2D eigenvalue weighted by Gasteiger charge is -2.10. The summed E-state index contributed by atoms with van der Waals surface area (Å²) < 4.78 is 18.7. The second kappa shape index (κ2) is 9.34. The van der Waals surface area contributed by atoms with Crippen molar-refractivity contribution < 1.29 is 13.9 Å². The molecule has 0 bridgehead atoms. The standard InChI is InChI=1S/C22H21N3O3S/c1-26-19-10-5-7-17(15-19)21-23-24-22(25(21)16-20-11-6-12-27-20)29-14-13-28-18-8-3-2-4-9-18/h2-12,15H,13-14,16H2,1H3. The lowest BCUT2D eigenvalue weighted by Crippen LogP contribution is -2.05. The first-order valence-electron chi connectivity index (χ1n) is 9.24. The molecule has 7 heteroatoms. The summed E-state index contributed by atoms with van der Waals surface area (Å²) in [4.78, 5) is 0. The summed E-state index contributed by atoms with van der Waals surface area (Å²) >= 11 is 1.61. The molecule has 0 aliphatic heterocycles. The zero-order chi connectivity index (χ0) is 19.9. The van der Waals surface area contributed by atoms with E-state index >= 15 is 0 Å². The quantitative estimate of drug-likeness (QED) is 0.294. The number of ether oxygens (including phenoxy) is 2. The molecular weight excluding hydrogens is 386 g/mol. The molecule has 2 heterocycles. The Morgan fingerprint density at radius 2 is 1.83 bits per heavy atom. The van der Waals surface area contributed by atoms with E-state index < -0.39 is 0 Å². The van der Waals surface area contributed by atoms with E-state index in [9.17, 15) is 0 Å². The van der Waals surface area contributed by atoms with Gasteiger partial charge in [-0.1, -0.05) is 42.1 Å². The maximum atomic E-state index is 5.78. The van der Waals surface area contributed by atoms with Crippen LogP contribution in [0.1, 0.15) is 5.76 Å². The summed E-state index contributed by atoms with van der Waals surface area (Å²) in [6.07, 6.45) is 1.67. The summed E-state index contributed by atoms with van der Waals surface area (Å²) in [7, 11) is 1.65. The predicted molar refractivity (Wildman–Crippen MR) is 112 cm³/mol. The van der Waals surface area contributed by atoms with E-state index in [1.165, 1.54) is 0 Å². The lowest BCUT2D eigenvalue weighted by molar-refractivity contribution is 0.344. The maximum absolute atomic E-state index is 5.78. The number of thioether (sulfide) groups is 1. The summed E-state index contributed by atoms with van der Waals surface area (Å²) in [5, 5.41) is 9.66. The van der Waals surface area contributed by atoms with Crippen LogP contribution >= 0.6 is 11.8 Å². The smallest absolute Gasteiger partial charge is 0.192 e. The van der Waals surface area contributed by atoms with E-state index in [1.54, 1.807) is 25.1 Å². The Balaban J connectivity index is 1.52. The van der Waals surface area contributed by atoms with Gasteiger partial charge in [-0.05, 0) is 36.4 Å². The third-order valence-electron chi connectivity index (χ3n) is 4.27. The fraction of sp³-hybridized carbons (Fsp3) is 0.182. The number of hydrogen-bond donors (Lipinski definition) is 0. The van der Waals surface area contributed by atoms with Gasteiger partial charge >= 0.3 is 0 Å². The minimum Gasteiger partial charge on any atom is -0.497 e. The number of benzene rings is 2. The van der Waals surface area contributed by atoms with Crippen LogP contribution in [-0.2, 0) is 6.54 Å². The Bertz CT molecular complexity index is 1030. The van der Waals surface area contributed by atoms with Crippen molar-refractivity contribution in [3.8, 4) is 22.9 Å². The molecule has 0 spiro atoms. The number of nitrogens with zero attached hydrogens (tertiary/aromatic N) is 3. The molecule has 0 atom stereocenters. The average molecular weight is 407 g/mol. The van der Waals surface area contributed by atoms with Crippen LogP contribution < -0.4 is 9.47 Å². The zero-order valence-corrected chi connectivity index (χ0v) is 16.8. The number of aromatic nitrogens is 3. The van der Waals surface area contributed by atoms with Crippen LogP contribution in [0.15, 0.2) is 82.6 Å². The number of para-hydroxylation sites is 1. The molecule has 4 rings (SSSR count). The first-order chi connectivity index (χ1) is 14.3. The van der Waals surface area contributed by atoms with Gasteiger partial charge in [-0.25, -0.2) is 0 Å². The average Bonchev–Trinajstić information content (AvgIpc) is 3.43. The fourth-order valence-corrected chi connectivity index (χ4v) is 3.64. The van der Waals surface area contributed by atoms with E-state index in [0.29, 0.717) is 13.2 Å². The van der Waals surface area contributed by atoms with Gasteiger partial charge in [0.05, 0.1) is 26.5 Å². The van der Waals surface area contributed by atoms with Gasteiger partial charge in [0.2, 0.25) is 0 Å². The monoisotopic (exact) mass is 407 g/mol. The Kier molecular flexibility index (Phi) is 6.16. The van der Waals surface area contributed by atoms with E-state index in [1.807, 2.05) is 66.7 Å². The van der Waals surface area contributed by atoms with Crippen LogP contribution in [0.25, 0.3) is 11.4 Å². The minimum atomic E-state index is 0.550. The SMILES string of the molecule is COc1cccc(-c2nnc(SCCOc3ccccc3)n2Cc2ccco2)c1. The number of rotatable bonds is 9. The molecule has 0 fully saturated rings. The molecule has 0 N–H and O–H groups in total. The second-order valence-corrected chi connectivity index (χ2v) is 7.28. The summed E-state index contributed by atoms with van der Waals surface area (Å²) in [5.74, 6) is 4.01. The third kappa shape index (κ3) is 4.81. The first kappa shape index (κ1) is 19.1. The largest absolute Gasteiger partial charge is 0.497 e. The normalized spacial score (nSPS) is 10.8. The van der Waals surface area contributed by atoms with Crippen molar-refractivity contribution in [3.63, 3.8) is 0 Å². The number of hydrogen-bond acceptors (Lipinski definition) is 6. The van der Waals surface area contributed by atoms with Crippen LogP contribution in [0.5, 0.6) is 11.5 Å². The van der Waals surface area contributed by atoms with Gasteiger partial charge in [0.25, 0.3) is 0 Å². The Morgan fingerprint density at radius 1 is 0.966 bits per heavy atom. The molecule has 0 aliphatic rings. The van der Waals surface area contributed by atoms with Gasteiger partial charge in [-0.15, -0.1) is 10.2 Å². The molecule has 29 heavy (non-hydrogen) atoms. The fourth-order valence-electron chi connectivity index (χ4n) is 2.88. The first-order valence-corrected chi connectivity index (χ1v) is 10.2. The van der Waals surface area contributed by atoms with Crippen LogP contribution in [0.4, 0.5) is 0 Å². The van der Waals surface area contributed by atoms with Gasteiger partial charge in [0.15, 0.2) is 11.0 Å². The number of furan rings is 1. The minimum absolute atomic E-state index is 0.550. The molecule has 4 aromatic rings. The zero-order valence-electron chi connectivity index (χ0n) is 16.0. The van der Waals surface area contributed by atoms with Gasteiger partial charge in [-0.2, -0.15) is 0 Å². The molecule has 0 saturated carbocycles. The molecule has 0 amide bonds. The molecular formula is C22H21N3O3S. The molecule has 148 valence electrons. The lowest BCUT2D eigenvalue weighted by atomic mass is 10.2. The molecule has 2 aromatic heterocycles. The Morgan fingerprint density at radius 3 is 2.62 bits per heavy atom. The van der Waals surface area contributed by atoms with Crippen molar-refractivity contribution >= 4 is 11.8 Å². The Hall–Kier alpha value is -3.19. The summed E-state index contributed by atoms with van der Waals surface area (Å²) in [5.41, 5.74) is 0.941. The van der Waals surface area contributed by atoms with Crippen molar-refractivity contribution in [3.05, 3.63) is 78.8 Å². The van der Waals surface area contributed by atoms with Gasteiger partial charge in [-0.3, -0.25) is 4.57 Å². The Labute approximate surface area is 173 Å². The maximum Gasteiger partial charge on any atom is 0.192 e. The highest BCUT2D eigenvalue weighted by Gasteiger charge is 2.16. The van der Waals surface area contributed by atoms with Crippen molar-refractivity contribution in [2.24, 2.45) is 0 Å². The van der Waals surface area contributed by atoms with Gasteiger partial charge < -0.3 is 13.9 Å². The molecule has 0 saturated heterocycles. The van der Waals surface area contributed by atoms with E-state index in [-0.39, 0.29) is 0 Å². The van der Waals surface area contributed by atoms with Crippen LogP contribution in [0.3, 0.4) is 0 Å². The van der Waals surface area contributed by atoms with Crippen molar-refractivity contribution in [1.82, 2.24) is 14.8 Å². The van der Waals surface area contributed by atoms with E-state index in [4.69, 9.17) is 13.9 Å². The molecule has 0 unspecified atom stereocenters. The molecule has 2 aromatic carbocycles. The van der Waals surface area contributed by atoms with Crippen LogP contribution in [-0.4, -0.2) is 34.2 Å². The number of methoxy groups -OCH3 is 1. The topological polar surface area (TPSA) is 62.3 Å². The second-order valence-electron chi connectivity index (χ2n) is 6.21. The molecule has 0 aliphatic carbocycles. The van der Waals surface area contributed by atoms with E-state index in [0.717, 1.165) is 39.6 Å². The van der Waals surface area contributed by atoms with E-state index in [2.05, 4.69) is 14.8 Å². The van der Waals surface area contributed by atoms with Crippen LogP contribution in [0, 0.1) is 0 Å². The van der Waals surface area contributed by atoms with Crippen molar-refractivity contribution in [2.75, 3.05) is 19.5 Å². The summed E-state index contributed by atoms with van der Waals surface area (Å²) in [6.45, 7) is 1.13. The van der Waals surface area contributed by atoms with Gasteiger partial charge in [0, 0.05) is 11.3 Å².